The summed E-state index contributed by atoms with van der Waals surface area (Å²) in [5.41, 5.74) is 0.592. The van der Waals surface area contributed by atoms with Gasteiger partial charge in [0.1, 0.15) is 6.10 Å². The van der Waals surface area contributed by atoms with Gasteiger partial charge in [0, 0.05) is 25.3 Å². The molecule has 2 fully saturated rings. The number of likely N-dealkylation sites (tertiary alicyclic amines) is 1. The molecule has 16 heteroatoms. The van der Waals surface area contributed by atoms with Crippen molar-refractivity contribution in [2.75, 3.05) is 113 Å². The van der Waals surface area contributed by atoms with Gasteiger partial charge in [-0.05, 0) is 43.9 Å². The highest BCUT2D eigenvalue weighted by atomic mass is 16.6. The smallest absolute Gasteiger partial charge is 0.414 e. The molecular weight excluding hydrogens is 686 g/mol. The Balaban J connectivity index is 0.000000929. The number of aromatic hydroxyl groups is 1. The number of aliphatic hydroxyl groups is 1. The molecule has 52 heavy (non-hydrogen) atoms. The van der Waals surface area contributed by atoms with E-state index in [2.05, 4.69) is 11.5 Å². The zero-order chi connectivity index (χ0) is 37.4. The molecule has 1 aromatic carbocycles. The molecule has 0 aromatic heterocycles. The average molecular weight is 742 g/mol. The molecule has 1 saturated carbocycles. The number of carboxylic acid groups (broad SMARTS) is 2. The normalized spacial score (nSPS) is 25.5. The summed E-state index contributed by atoms with van der Waals surface area (Å²) in [5.74, 6) is -2.99. The Morgan fingerprint density at radius 3 is 1.87 bits per heavy atom. The number of methoxy groups -OCH3 is 1. The van der Waals surface area contributed by atoms with Gasteiger partial charge in [-0.1, -0.05) is 12.1 Å². The molecule has 0 radical (unpaired) electrons. The van der Waals surface area contributed by atoms with Crippen molar-refractivity contribution in [3.8, 4) is 11.5 Å². The van der Waals surface area contributed by atoms with Crippen LogP contribution >= 0.6 is 0 Å². The summed E-state index contributed by atoms with van der Waals surface area (Å²) < 4.78 is 50.9. The standard InChI is InChI=1S/C34H53NO11.C2H2O4/c1-3-9-35-10-8-33-30-26-4-5-27(36)31(30)46-32(33)28(6-7-34(33,37)29(35)25-26)45-24-23-44-22-21-43-20-19-42-18-17-41-16-15-40-14-13-39-12-11-38-2;3-1(4)2(5)6/h3-5,28-29,32,36-37H,1,6-25H2,2H3;(H,3,4)(H,5,6)/t28-,29+,32-,33-,34+;/m0./s1. The Labute approximate surface area is 304 Å². The molecule has 2 aliphatic heterocycles. The number of benzene rings is 1. The third-order valence-corrected chi connectivity index (χ3v) is 9.92. The summed E-state index contributed by atoms with van der Waals surface area (Å²) in [5, 5.41) is 37.9. The first kappa shape index (κ1) is 41.9. The highest BCUT2D eigenvalue weighted by Gasteiger charge is 2.73. The van der Waals surface area contributed by atoms with E-state index in [1.165, 1.54) is 0 Å². The van der Waals surface area contributed by atoms with Crippen LogP contribution in [0.3, 0.4) is 0 Å². The lowest BCUT2D eigenvalue weighted by atomic mass is 9.48. The molecule has 2 aliphatic carbocycles. The average Bonchev–Trinajstić information content (AvgIpc) is 3.48. The van der Waals surface area contributed by atoms with E-state index in [1.54, 1.807) is 13.2 Å². The van der Waals surface area contributed by atoms with Gasteiger partial charge in [0.2, 0.25) is 0 Å². The molecule has 5 atom stereocenters. The number of phenols is 1. The Morgan fingerprint density at radius 1 is 0.846 bits per heavy atom. The Kier molecular flexibility index (Phi) is 17.0. The zero-order valence-electron chi connectivity index (χ0n) is 30.0. The van der Waals surface area contributed by atoms with Gasteiger partial charge in [-0.25, -0.2) is 9.59 Å². The summed E-state index contributed by atoms with van der Waals surface area (Å²) in [6.07, 6.45) is 4.12. The van der Waals surface area contributed by atoms with Gasteiger partial charge in [0.15, 0.2) is 11.5 Å². The van der Waals surface area contributed by atoms with Gasteiger partial charge < -0.3 is 63.1 Å². The first-order chi connectivity index (χ1) is 25.2. The molecule has 16 nitrogen and oxygen atoms in total. The van der Waals surface area contributed by atoms with Crippen molar-refractivity contribution in [1.29, 1.82) is 0 Å². The van der Waals surface area contributed by atoms with E-state index in [-0.39, 0.29) is 24.0 Å². The number of rotatable bonds is 24. The van der Waals surface area contributed by atoms with Crippen LogP contribution in [0, 0.1) is 0 Å². The molecule has 5 rings (SSSR count). The highest BCUT2D eigenvalue weighted by Crippen LogP contribution is 2.65. The Bertz CT molecular complexity index is 1270. The quantitative estimate of drug-likeness (QED) is 0.0664. The number of phenolic OH excluding ortho intramolecular Hbond substituents is 1. The minimum atomic E-state index is -1.82. The number of carbonyl (C=O) groups is 2. The molecular formula is C36H55NO15. The van der Waals surface area contributed by atoms with Gasteiger partial charge in [-0.3, -0.25) is 4.90 Å². The maximum atomic E-state index is 12.4. The summed E-state index contributed by atoms with van der Waals surface area (Å²) >= 11 is 0. The van der Waals surface area contributed by atoms with Crippen LogP contribution in [0.1, 0.15) is 30.4 Å². The molecule has 294 valence electrons. The summed E-state index contributed by atoms with van der Waals surface area (Å²) in [7, 11) is 1.65. The number of ether oxygens (including phenoxy) is 9. The number of aliphatic carboxylic acids is 2. The van der Waals surface area contributed by atoms with E-state index in [1.807, 2.05) is 12.1 Å². The number of piperidine rings is 1. The van der Waals surface area contributed by atoms with Crippen LogP contribution in [0.4, 0.5) is 0 Å². The van der Waals surface area contributed by atoms with Crippen molar-refractivity contribution in [2.24, 2.45) is 0 Å². The van der Waals surface area contributed by atoms with Crippen LogP contribution in [0.15, 0.2) is 24.8 Å². The monoisotopic (exact) mass is 741 g/mol. The van der Waals surface area contributed by atoms with Crippen molar-refractivity contribution in [3.05, 3.63) is 35.9 Å². The number of hydrogen-bond acceptors (Lipinski definition) is 14. The second kappa shape index (κ2) is 21.1. The van der Waals surface area contributed by atoms with Crippen molar-refractivity contribution in [2.45, 2.75) is 54.9 Å². The predicted octanol–water partition coefficient (Wildman–Crippen LogP) is 1.02. The fraction of sp³-hybridized carbons (Fsp3) is 0.722. The second-order valence-corrected chi connectivity index (χ2v) is 12.9. The van der Waals surface area contributed by atoms with E-state index in [0.29, 0.717) is 111 Å². The molecule has 1 aromatic rings. The van der Waals surface area contributed by atoms with Crippen LogP contribution in [-0.4, -0.2) is 174 Å². The molecule has 4 aliphatic rings. The molecule has 1 saturated heterocycles. The van der Waals surface area contributed by atoms with Gasteiger partial charge >= 0.3 is 11.9 Å². The number of hydrogen-bond donors (Lipinski definition) is 4. The Hall–Kier alpha value is -2.90. The predicted molar refractivity (Wildman–Crippen MR) is 184 cm³/mol. The van der Waals surface area contributed by atoms with Crippen LogP contribution in [0.25, 0.3) is 0 Å². The maximum Gasteiger partial charge on any atom is 0.414 e. The van der Waals surface area contributed by atoms with Crippen molar-refractivity contribution in [3.63, 3.8) is 0 Å². The van der Waals surface area contributed by atoms with Crippen LogP contribution < -0.4 is 4.74 Å². The molecule has 1 spiro atoms. The van der Waals surface area contributed by atoms with E-state index >= 15 is 0 Å². The lowest BCUT2D eigenvalue weighted by molar-refractivity contribution is -0.215. The largest absolute Gasteiger partial charge is 0.504 e. The van der Waals surface area contributed by atoms with Gasteiger partial charge in [-0.2, -0.15) is 0 Å². The molecule has 2 heterocycles. The van der Waals surface area contributed by atoms with Gasteiger partial charge in [-0.15, -0.1) is 6.58 Å². The maximum absolute atomic E-state index is 12.4. The fourth-order valence-corrected chi connectivity index (χ4v) is 7.74. The lowest BCUT2D eigenvalue weighted by Gasteiger charge is -2.64. The van der Waals surface area contributed by atoms with E-state index in [0.717, 1.165) is 37.1 Å². The van der Waals surface area contributed by atoms with Gasteiger partial charge in [0.25, 0.3) is 0 Å². The number of carboxylic acids is 2. The lowest BCUT2D eigenvalue weighted by Crippen LogP contribution is -2.77. The van der Waals surface area contributed by atoms with Crippen LogP contribution in [0.2, 0.25) is 0 Å². The second-order valence-electron chi connectivity index (χ2n) is 12.9. The molecule has 0 unspecified atom stereocenters. The summed E-state index contributed by atoms with van der Waals surface area (Å²) in [6, 6.07) is 3.69. The van der Waals surface area contributed by atoms with Crippen molar-refractivity contribution in [1.82, 2.24) is 4.90 Å². The first-order valence-electron chi connectivity index (χ1n) is 17.8. The van der Waals surface area contributed by atoms with E-state index in [9.17, 15) is 10.2 Å². The fourth-order valence-electron chi connectivity index (χ4n) is 7.74. The van der Waals surface area contributed by atoms with Crippen molar-refractivity contribution >= 4 is 11.9 Å². The van der Waals surface area contributed by atoms with Crippen LogP contribution in [-0.2, 0) is 59.3 Å². The number of nitrogens with zero attached hydrogens (tertiary/aromatic N) is 1. The van der Waals surface area contributed by atoms with Gasteiger partial charge in [0.05, 0.1) is 110 Å². The molecule has 0 amide bonds. The third kappa shape index (κ3) is 10.2. The topological polar surface area (TPSA) is 201 Å². The SMILES string of the molecule is C=CCN1CC[C@]23c4c5ccc(O)c4O[C@H]2[C@@H](OCCOCCOCCOCCOCCOCCOCCOC)CC[C@@]3(O)[C@H]1C5.O=C(O)C(=O)O. The third-order valence-electron chi connectivity index (χ3n) is 9.92. The minimum absolute atomic E-state index is 0.0238. The Morgan fingerprint density at radius 2 is 1.37 bits per heavy atom. The summed E-state index contributed by atoms with van der Waals surface area (Å²) in [6.45, 7) is 12.6. The van der Waals surface area contributed by atoms with Crippen LogP contribution in [0.5, 0.6) is 11.5 Å². The highest BCUT2D eigenvalue weighted by molar-refractivity contribution is 6.27. The van der Waals surface area contributed by atoms with E-state index in [4.69, 9.17) is 62.4 Å². The first-order valence-corrected chi connectivity index (χ1v) is 17.8. The zero-order valence-corrected chi connectivity index (χ0v) is 30.0. The molecule has 2 bridgehead atoms. The van der Waals surface area contributed by atoms with E-state index < -0.39 is 23.0 Å². The molecule has 4 N–H and O–H groups in total. The summed E-state index contributed by atoms with van der Waals surface area (Å²) in [4.78, 5) is 20.6. The van der Waals surface area contributed by atoms with Crippen molar-refractivity contribution < 1.29 is 72.6 Å². The minimum Gasteiger partial charge on any atom is -0.504 e.